The predicted molar refractivity (Wildman–Crippen MR) is 132 cm³/mol. The van der Waals surface area contributed by atoms with Gasteiger partial charge in [0.15, 0.2) is 0 Å². The molecule has 0 bridgehead atoms. The summed E-state index contributed by atoms with van der Waals surface area (Å²) in [6.45, 7) is 5.84. The van der Waals surface area contributed by atoms with Crippen LogP contribution in [0.25, 0.3) is 5.76 Å². The van der Waals surface area contributed by atoms with E-state index in [0.717, 1.165) is 11.1 Å². The Bertz CT molecular complexity index is 1300. The van der Waals surface area contributed by atoms with Crippen molar-refractivity contribution in [3.8, 4) is 5.75 Å². The number of rotatable bonds is 5. The number of halogens is 1. The molecule has 34 heavy (non-hydrogen) atoms. The fraction of sp³-hybridized carbons (Fsp3) is 0.222. The molecule has 1 aliphatic heterocycles. The van der Waals surface area contributed by atoms with Crippen molar-refractivity contribution in [1.29, 1.82) is 0 Å². The van der Waals surface area contributed by atoms with E-state index in [9.17, 15) is 14.7 Å². The maximum atomic E-state index is 13.3. The molecule has 0 spiro atoms. The van der Waals surface area contributed by atoms with E-state index in [1.165, 1.54) is 4.90 Å². The van der Waals surface area contributed by atoms with Gasteiger partial charge in [-0.2, -0.15) is 0 Å². The third-order valence-electron chi connectivity index (χ3n) is 5.96. The molecule has 6 nitrogen and oxygen atoms in total. The number of aryl methyl sites for hydroxylation is 1. The molecule has 2 aromatic carbocycles. The lowest BCUT2D eigenvalue weighted by atomic mass is 9.94. The van der Waals surface area contributed by atoms with Gasteiger partial charge < -0.3 is 9.84 Å². The molecule has 0 radical (unpaired) electrons. The van der Waals surface area contributed by atoms with Gasteiger partial charge in [-0.3, -0.25) is 19.5 Å². The zero-order valence-corrected chi connectivity index (χ0v) is 20.1. The summed E-state index contributed by atoms with van der Waals surface area (Å²) in [6, 6.07) is 14.7. The second kappa shape index (κ2) is 9.31. The highest BCUT2D eigenvalue weighted by Gasteiger charge is 2.48. The fourth-order valence-electron chi connectivity index (χ4n) is 4.28. The minimum Gasteiger partial charge on any atom is -0.507 e. The number of anilines is 1. The molecule has 7 heteroatoms. The quantitative estimate of drug-likeness (QED) is 0.286. The first-order valence-electron chi connectivity index (χ1n) is 10.9. The second-order valence-corrected chi connectivity index (χ2v) is 8.90. The van der Waals surface area contributed by atoms with Gasteiger partial charge in [0.05, 0.1) is 18.4 Å². The minimum absolute atomic E-state index is 0.0158. The average Bonchev–Trinajstić information content (AvgIpc) is 3.09. The Morgan fingerprint density at radius 3 is 2.50 bits per heavy atom. The summed E-state index contributed by atoms with van der Waals surface area (Å²) in [7, 11) is 1.59. The van der Waals surface area contributed by atoms with Crippen molar-refractivity contribution >= 4 is 34.7 Å². The van der Waals surface area contributed by atoms with Crippen LogP contribution in [0.4, 0.5) is 5.69 Å². The van der Waals surface area contributed by atoms with Crippen molar-refractivity contribution in [1.82, 2.24) is 4.98 Å². The summed E-state index contributed by atoms with van der Waals surface area (Å²) < 4.78 is 5.45. The van der Waals surface area contributed by atoms with E-state index in [-0.39, 0.29) is 17.3 Å². The van der Waals surface area contributed by atoms with Crippen molar-refractivity contribution in [3.05, 3.63) is 93.8 Å². The number of carbonyl (C=O) groups excluding carboxylic acids is 2. The van der Waals surface area contributed by atoms with Crippen LogP contribution in [0.1, 0.15) is 48.2 Å². The number of carbonyl (C=O) groups is 2. The molecular weight excluding hydrogens is 452 g/mol. The van der Waals surface area contributed by atoms with Crippen molar-refractivity contribution in [2.75, 3.05) is 12.0 Å². The molecule has 2 heterocycles. The molecule has 1 unspecified atom stereocenters. The number of aliphatic hydroxyl groups is 1. The van der Waals surface area contributed by atoms with Crippen molar-refractivity contribution < 1.29 is 19.4 Å². The highest BCUT2D eigenvalue weighted by molar-refractivity contribution is 6.51. The summed E-state index contributed by atoms with van der Waals surface area (Å²) in [5, 5.41) is 11.9. The van der Waals surface area contributed by atoms with Gasteiger partial charge in [-0.05, 0) is 72.5 Å². The van der Waals surface area contributed by atoms with Gasteiger partial charge in [-0.15, -0.1) is 0 Å². The van der Waals surface area contributed by atoms with Crippen molar-refractivity contribution in [3.63, 3.8) is 0 Å². The Balaban J connectivity index is 1.95. The largest absolute Gasteiger partial charge is 0.507 e. The van der Waals surface area contributed by atoms with Gasteiger partial charge in [0.2, 0.25) is 0 Å². The summed E-state index contributed by atoms with van der Waals surface area (Å²) in [5.74, 6) is -0.962. The van der Waals surface area contributed by atoms with Crippen LogP contribution in [0.3, 0.4) is 0 Å². The normalized spacial score (nSPS) is 17.5. The summed E-state index contributed by atoms with van der Waals surface area (Å²) in [4.78, 5) is 32.4. The number of nitrogens with zero attached hydrogens (tertiary/aromatic N) is 2. The van der Waals surface area contributed by atoms with Gasteiger partial charge >= 0.3 is 0 Å². The first-order valence-corrected chi connectivity index (χ1v) is 11.3. The Kier molecular flexibility index (Phi) is 6.44. The highest BCUT2D eigenvalue weighted by atomic mass is 35.5. The molecular formula is C27H25ClN2O4. The molecule has 4 rings (SSSR count). The molecule has 1 atom stereocenters. The van der Waals surface area contributed by atoms with E-state index in [0.29, 0.717) is 27.7 Å². The third-order valence-corrected chi connectivity index (χ3v) is 6.19. The molecule has 1 fully saturated rings. The van der Waals surface area contributed by atoms with E-state index >= 15 is 0 Å². The summed E-state index contributed by atoms with van der Waals surface area (Å²) in [5.41, 5.74) is 3.01. The van der Waals surface area contributed by atoms with Crippen LogP contribution in [-0.2, 0) is 9.59 Å². The van der Waals surface area contributed by atoms with Gasteiger partial charge in [-0.1, -0.05) is 31.5 Å². The molecule has 1 saturated heterocycles. The first-order chi connectivity index (χ1) is 16.2. The number of ether oxygens (including phenoxy) is 1. The highest BCUT2D eigenvalue weighted by Crippen LogP contribution is 2.43. The van der Waals surface area contributed by atoms with Crippen LogP contribution < -0.4 is 9.64 Å². The Morgan fingerprint density at radius 2 is 1.88 bits per heavy atom. The number of Topliss-reactive ketones (excluding diaryl/α,β-unsaturated/α-hetero) is 1. The Hall–Kier alpha value is -3.64. The van der Waals surface area contributed by atoms with E-state index in [4.69, 9.17) is 16.3 Å². The number of methoxy groups -OCH3 is 1. The van der Waals surface area contributed by atoms with Gasteiger partial charge in [-0.25, -0.2) is 0 Å². The molecule has 1 aliphatic rings. The van der Waals surface area contributed by atoms with Crippen LogP contribution in [0.2, 0.25) is 5.02 Å². The number of pyridine rings is 1. The van der Waals surface area contributed by atoms with Crippen molar-refractivity contribution in [2.24, 2.45) is 0 Å². The molecule has 1 amide bonds. The second-order valence-electron chi connectivity index (χ2n) is 8.47. The minimum atomic E-state index is -0.898. The maximum Gasteiger partial charge on any atom is 0.300 e. The lowest BCUT2D eigenvalue weighted by molar-refractivity contribution is -0.132. The van der Waals surface area contributed by atoms with Gasteiger partial charge in [0.25, 0.3) is 11.7 Å². The standard InChI is InChI=1S/C27H25ClN2O4/c1-15(2)19-14-17(8-11-22(19)34-4)25(31)23-24(20-7-5-6-12-29-20)30(27(33)26(23)32)21-10-9-18(28)13-16(21)3/h5-15,24,31H,1-4H3/b25-23-. The summed E-state index contributed by atoms with van der Waals surface area (Å²) >= 11 is 6.12. The number of benzene rings is 2. The molecule has 1 aromatic heterocycles. The topological polar surface area (TPSA) is 79.7 Å². The van der Waals surface area contributed by atoms with Crippen LogP contribution in [0.5, 0.6) is 5.75 Å². The molecule has 174 valence electrons. The SMILES string of the molecule is COc1ccc(/C(O)=C2/C(=O)C(=O)N(c3ccc(Cl)cc3C)C2c2ccccn2)cc1C(C)C. The molecule has 3 aromatic rings. The number of hydrogen-bond acceptors (Lipinski definition) is 5. The fourth-order valence-corrected chi connectivity index (χ4v) is 4.50. The molecule has 0 aliphatic carbocycles. The molecule has 0 saturated carbocycles. The lowest BCUT2D eigenvalue weighted by Gasteiger charge is -2.26. The zero-order valence-electron chi connectivity index (χ0n) is 19.4. The lowest BCUT2D eigenvalue weighted by Crippen LogP contribution is -2.30. The van der Waals surface area contributed by atoms with Crippen molar-refractivity contribution in [2.45, 2.75) is 32.7 Å². The smallest absolute Gasteiger partial charge is 0.300 e. The number of hydrogen-bond donors (Lipinski definition) is 1. The van der Waals surface area contributed by atoms with Gasteiger partial charge in [0, 0.05) is 22.5 Å². The maximum absolute atomic E-state index is 13.3. The van der Waals surface area contributed by atoms with Gasteiger partial charge in [0.1, 0.15) is 17.6 Å². The van der Waals surface area contributed by atoms with Crippen LogP contribution >= 0.6 is 11.6 Å². The van der Waals surface area contributed by atoms with Crippen LogP contribution in [-0.4, -0.2) is 28.9 Å². The zero-order chi connectivity index (χ0) is 24.6. The predicted octanol–water partition coefficient (Wildman–Crippen LogP) is 5.80. The monoisotopic (exact) mass is 476 g/mol. The van der Waals surface area contributed by atoms with E-state index in [1.807, 2.05) is 20.8 Å². The van der Waals surface area contributed by atoms with Crippen LogP contribution in [0.15, 0.2) is 66.4 Å². The van der Waals surface area contributed by atoms with E-state index in [1.54, 1.807) is 67.9 Å². The number of aliphatic hydroxyl groups excluding tert-OH is 1. The van der Waals surface area contributed by atoms with E-state index < -0.39 is 17.7 Å². The number of amides is 1. The van der Waals surface area contributed by atoms with Crippen LogP contribution in [0, 0.1) is 6.92 Å². The Labute approximate surface area is 203 Å². The average molecular weight is 477 g/mol. The third kappa shape index (κ3) is 4.05. The van der Waals surface area contributed by atoms with E-state index in [2.05, 4.69) is 4.98 Å². The number of ketones is 1. The molecule has 1 N–H and O–H groups in total. The summed E-state index contributed by atoms with van der Waals surface area (Å²) in [6.07, 6.45) is 1.59. The Morgan fingerprint density at radius 1 is 1.12 bits per heavy atom. The number of aromatic nitrogens is 1. The first kappa shape index (κ1) is 23.5.